The van der Waals surface area contributed by atoms with Crippen molar-refractivity contribution in [3.8, 4) is 5.75 Å². The van der Waals surface area contributed by atoms with Crippen LogP contribution in [0.3, 0.4) is 0 Å². The average molecular weight is 641 g/mol. The highest BCUT2D eigenvalue weighted by Crippen LogP contribution is 2.35. The van der Waals surface area contributed by atoms with Crippen LogP contribution >= 0.6 is 34.8 Å². The van der Waals surface area contributed by atoms with Crippen molar-refractivity contribution >= 4 is 62.3 Å². The van der Waals surface area contributed by atoms with Crippen molar-refractivity contribution in [1.82, 2.24) is 10.2 Å². The van der Waals surface area contributed by atoms with Gasteiger partial charge >= 0.3 is 0 Å². The van der Waals surface area contributed by atoms with Gasteiger partial charge in [0.1, 0.15) is 18.3 Å². The fourth-order valence-electron chi connectivity index (χ4n) is 4.21. The Morgan fingerprint density at radius 2 is 1.66 bits per heavy atom. The maximum Gasteiger partial charge on any atom is 0.264 e. The van der Waals surface area contributed by atoms with Crippen LogP contribution in [0.15, 0.2) is 71.6 Å². The van der Waals surface area contributed by atoms with E-state index in [9.17, 15) is 18.0 Å². The van der Waals surface area contributed by atoms with Gasteiger partial charge in [-0.25, -0.2) is 8.42 Å². The van der Waals surface area contributed by atoms with Gasteiger partial charge in [-0.15, -0.1) is 0 Å². The van der Waals surface area contributed by atoms with E-state index < -0.39 is 28.5 Å². The zero-order chi connectivity index (χ0) is 30.2. The van der Waals surface area contributed by atoms with E-state index in [1.807, 2.05) is 6.92 Å². The van der Waals surface area contributed by atoms with Gasteiger partial charge in [0.05, 0.1) is 27.7 Å². The second-order valence-corrected chi connectivity index (χ2v) is 12.2. The van der Waals surface area contributed by atoms with E-state index in [0.717, 1.165) is 4.31 Å². The molecule has 1 atom stereocenters. The first-order valence-corrected chi connectivity index (χ1v) is 15.5. The number of hydrogen-bond acceptors (Lipinski definition) is 5. The Labute approximate surface area is 256 Å². The summed E-state index contributed by atoms with van der Waals surface area (Å²) < 4.78 is 34.3. The lowest BCUT2D eigenvalue weighted by Gasteiger charge is -2.33. The molecule has 0 spiro atoms. The number of nitrogens with zero attached hydrogens (tertiary/aromatic N) is 2. The molecule has 0 aliphatic carbocycles. The third kappa shape index (κ3) is 8.07. The summed E-state index contributed by atoms with van der Waals surface area (Å²) in [6, 6.07) is 16.3. The van der Waals surface area contributed by atoms with Gasteiger partial charge in [-0.3, -0.25) is 13.9 Å². The molecule has 3 aromatic rings. The van der Waals surface area contributed by atoms with Gasteiger partial charge in [-0.2, -0.15) is 0 Å². The number of ether oxygens (including phenoxy) is 1. The van der Waals surface area contributed by atoms with Gasteiger partial charge in [0.15, 0.2) is 0 Å². The average Bonchev–Trinajstić information content (AvgIpc) is 2.96. The molecule has 0 saturated heterocycles. The molecule has 1 N–H and O–H groups in total. The Kier molecular flexibility index (Phi) is 11.7. The van der Waals surface area contributed by atoms with Crippen molar-refractivity contribution < 1.29 is 22.7 Å². The Hall–Kier alpha value is -2.98. The number of methoxy groups -OCH3 is 1. The molecule has 12 heteroatoms. The number of rotatable bonds is 13. The molecular formula is C29H32Cl3N3O5S. The zero-order valence-corrected chi connectivity index (χ0v) is 26.0. The molecule has 0 unspecified atom stereocenters. The van der Waals surface area contributed by atoms with Crippen LogP contribution in [0.25, 0.3) is 0 Å². The Morgan fingerprint density at radius 1 is 0.951 bits per heavy atom. The predicted molar refractivity (Wildman–Crippen MR) is 163 cm³/mol. The van der Waals surface area contributed by atoms with Crippen LogP contribution in [0.4, 0.5) is 5.69 Å². The van der Waals surface area contributed by atoms with Gasteiger partial charge < -0.3 is 15.0 Å². The molecule has 0 radical (unpaired) electrons. The first-order valence-electron chi connectivity index (χ1n) is 13.0. The number of benzene rings is 3. The minimum atomic E-state index is -4.28. The van der Waals surface area contributed by atoms with Gasteiger partial charge in [0.2, 0.25) is 11.8 Å². The van der Waals surface area contributed by atoms with Crippen molar-refractivity contribution in [3.05, 3.63) is 87.4 Å². The van der Waals surface area contributed by atoms with Gasteiger partial charge in [0.25, 0.3) is 10.0 Å². The SMILES string of the molecule is CCCNC(=O)[C@@H](CC)N(Cc1ccc(Cl)c(Cl)c1)C(=O)CN(c1cc(Cl)ccc1OC)S(=O)(=O)c1ccccc1. The predicted octanol–water partition coefficient (Wildman–Crippen LogP) is 6.18. The van der Waals surface area contributed by atoms with Gasteiger partial charge in [0, 0.05) is 18.1 Å². The van der Waals surface area contributed by atoms with Crippen LogP contribution in [0.5, 0.6) is 5.75 Å². The van der Waals surface area contributed by atoms with Crippen molar-refractivity contribution in [2.24, 2.45) is 0 Å². The van der Waals surface area contributed by atoms with Gasteiger partial charge in [-0.1, -0.05) is 72.9 Å². The summed E-state index contributed by atoms with van der Waals surface area (Å²) in [5, 5.41) is 3.72. The number of carbonyl (C=O) groups is 2. The Bertz CT molecular complexity index is 1470. The summed E-state index contributed by atoms with van der Waals surface area (Å²) in [5.74, 6) is -0.762. The normalized spacial score (nSPS) is 12.0. The first-order chi connectivity index (χ1) is 19.5. The lowest BCUT2D eigenvalue weighted by Crippen LogP contribution is -2.52. The maximum atomic E-state index is 14.1. The topological polar surface area (TPSA) is 96.0 Å². The Morgan fingerprint density at radius 3 is 2.27 bits per heavy atom. The molecule has 0 aromatic heterocycles. The van der Waals surface area contributed by atoms with E-state index in [-0.39, 0.29) is 45.3 Å². The van der Waals surface area contributed by atoms with E-state index >= 15 is 0 Å². The van der Waals surface area contributed by atoms with Crippen LogP contribution in [-0.2, 0) is 26.2 Å². The van der Waals surface area contributed by atoms with Crippen LogP contribution in [0.2, 0.25) is 15.1 Å². The van der Waals surface area contributed by atoms with E-state index in [0.29, 0.717) is 23.6 Å². The third-order valence-electron chi connectivity index (χ3n) is 6.29. The number of anilines is 1. The largest absolute Gasteiger partial charge is 0.495 e. The molecule has 8 nitrogen and oxygen atoms in total. The summed E-state index contributed by atoms with van der Waals surface area (Å²) in [6.45, 7) is 3.49. The van der Waals surface area contributed by atoms with Crippen molar-refractivity contribution in [1.29, 1.82) is 0 Å². The summed E-state index contributed by atoms with van der Waals surface area (Å²) in [4.78, 5) is 28.6. The molecule has 0 aliphatic heterocycles. The molecule has 3 aromatic carbocycles. The number of halogens is 3. The van der Waals surface area contributed by atoms with Gasteiger partial charge in [-0.05, 0) is 60.9 Å². The number of amides is 2. The second-order valence-electron chi connectivity index (χ2n) is 9.13. The van der Waals surface area contributed by atoms with Crippen LogP contribution in [0.1, 0.15) is 32.3 Å². The lowest BCUT2D eigenvalue weighted by atomic mass is 10.1. The standard InChI is InChI=1S/C29H32Cl3N3O5S/c1-4-15-33-29(37)25(5-2)34(18-20-11-13-23(31)24(32)16-20)28(36)19-35(26-17-21(30)12-14-27(26)40-3)41(38,39)22-9-7-6-8-10-22/h6-14,16-17,25H,4-5,15,18-19H2,1-3H3,(H,33,37)/t25-/m1/s1. The van der Waals surface area contributed by atoms with Crippen molar-refractivity contribution in [2.75, 3.05) is 24.5 Å². The fraction of sp³-hybridized carbons (Fsp3) is 0.310. The molecular weight excluding hydrogens is 609 g/mol. The highest BCUT2D eigenvalue weighted by Gasteiger charge is 2.34. The summed E-state index contributed by atoms with van der Waals surface area (Å²) in [6.07, 6.45) is 0.995. The fourth-order valence-corrected chi connectivity index (χ4v) is 6.14. The highest BCUT2D eigenvalue weighted by atomic mass is 35.5. The molecule has 0 saturated carbocycles. The summed E-state index contributed by atoms with van der Waals surface area (Å²) in [5.41, 5.74) is 0.697. The minimum absolute atomic E-state index is 0.0142. The van der Waals surface area contributed by atoms with Crippen LogP contribution < -0.4 is 14.4 Å². The molecule has 0 fully saturated rings. The molecule has 2 amide bonds. The quantitative estimate of drug-likeness (QED) is 0.241. The number of nitrogens with one attached hydrogen (secondary N) is 1. The Balaban J connectivity index is 2.12. The second kappa shape index (κ2) is 14.8. The van der Waals surface area contributed by atoms with E-state index in [1.54, 1.807) is 49.4 Å². The molecule has 220 valence electrons. The molecule has 41 heavy (non-hydrogen) atoms. The van der Waals surface area contributed by atoms with E-state index in [1.165, 1.54) is 36.3 Å². The van der Waals surface area contributed by atoms with Crippen LogP contribution in [-0.4, -0.2) is 51.4 Å². The van der Waals surface area contributed by atoms with Crippen molar-refractivity contribution in [3.63, 3.8) is 0 Å². The minimum Gasteiger partial charge on any atom is -0.495 e. The first kappa shape index (κ1) is 32.5. The molecule has 3 rings (SSSR count). The zero-order valence-electron chi connectivity index (χ0n) is 22.9. The number of carbonyl (C=O) groups excluding carboxylic acids is 2. The molecule has 0 bridgehead atoms. The van der Waals surface area contributed by atoms with E-state index in [2.05, 4.69) is 5.32 Å². The summed E-state index contributed by atoms with van der Waals surface area (Å²) >= 11 is 18.6. The van der Waals surface area contributed by atoms with Crippen LogP contribution in [0, 0.1) is 0 Å². The number of hydrogen-bond donors (Lipinski definition) is 1. The smallest absolute Gasteiger partial charge is 0.264 e. The highest BCUT2D eigenvalue weighted by molar-refractivity contribution is 7.92. The molecule has 0 heterocycles. The number of sulfonamides is 1. The maximum absolute atomic E-state index is 14.1. The van der Waals surface area contributed by atoms with E-state index in [4.69, 9.17) is 39.5 Å². The lowest BCUT2D eigenvalue weighted by molar-refractivity contribution is -0.140. The summed E-state index contributed by atoms with van der Waals surface area (Å²) in [7, 11) is -2.88. The molecule has 0 aliphatic rings. The third-order valence-corrected chi connectivity index (χ3v) is 9.04. The monoisotopic (exact) mass is 639 g/mol. The van der Waals surface area contributed by atoms with Crippen molar-refractivity contribution in [2.45, 2.75) is 44.2 Å².